The lowest BCUT2D eigenvalue weighted by Crippen LogP contribution is -2.13. The van der Waals surface area contributed by atoms with E-state index in [1.165, 1.54) is 25.7 Å². The first-order chi connectivity index (χ1) is 10.1. The molecule has 1 unspecified atom stereocenters. The molecule has 3 N–H and O–H groups in total. The summed E-state index contributed by atoms with van der Waals surface area (Å²) in [6, 6.07) is 5.21. The van der Waals surface area contributed by atoms with Crippen molar-refractivity contribution in [2.24, 2.45) is 0 Å². The third-order valence-electron chi connectivity index (χ3n) is 3.81. The fourth-order valence-electron chi connectivity index (χ4n) is 2.52. The van der Waals surface area contributed by atoms with Gasteiger partial charge in [0, 0.05) is 5.69 Å². The maximum atomic E-state index is 11.5. The topological polar surface area (TPSA) is 72.5 Å². The van der Waals surface area contributed by atoms with Gasteiger partial charge in [0.2, 0.25) is 0 Å². The molecule has 0 fully saturated rings. The number of hydrogen-bond acceptors (Lipinski definition) is 3. The fraction of sp³-hybridized carbons (Fsp3) is 0.588. The van der Waals surface area contributed by atoms with Crippen LogP contribution in [-0.2, 0) is 4.79 Å². The zero-order chi connectivity index (χ0) is 15.7. The molecular weight excluding hydrogens is 266 g/mol. The van der Waals surface area contributed by atoms with E-state index in [1.54, 1.807) is 25.3 Å². The monoisotopic (exact) mass is 293 g/mol. The summed E-state index contributed by atoms with van der Waals surface area (Å²) in [5, 5.41) is 9.46. The molecule has 0 aliphatic rings. The lowest BCUT2D eigenvalue weighted by molar-refractivity contribution is -0.139. The summed E-state index contributed by atoms with van der Waals surface area (Å²) in [5.41, 5.74) is 7.12. The average Bonchev–Trinajstić information content (AvgIpc) is 2.47. The van der Waals surface area contributed by atoms with Crippen LogP contribution in [0.4, 0.5) is 5.69 Å². The van der Waals surface area contributed by atoms with E-state index in [4.69, 9.17) is 10.5 Å². The van der Waals surface area contributed by atoms with Gasteiger partial charge in [-0.2, -0.15) is 0 Å². The minimum Gasteiger partial charge on any atom is -0.497 e. The molecule has 0 aliphatic heterocycles. The second-order valence-corrected chi connectivity index (χ2v) is 5.44. The van der Waals surface area contributed by atoms with Gasteiger partial charge in [-0.1, -0.05) is 45.4 Å². The van der Waals surface area contributed by atoms with Crippen molar-refractivity contribution in [3.63, 3.8) is 0 Å². The molecule has 4 heteroatoms. The van der Waals surface area contributed by atoms with Gasteiger partial charge in [-0.05, 0) is 30.2 Å². The quantitative estimate of drug-likeness (QED) is 0.501. The molecule has 0 amide bonds. The number of aliphatic carboxylic acids is 1. The van der Waals surface area contributed by atoms with Crippen LogP contribution in [-0.4, -0.2) is 18.2 Å². The zero-order valence-corrected chi connectivity index (χ0v) is 13.1. The minimum absolute atomic E-state index is 0.522. The highest BCUT2D eigenvalue weighted by molar-refractivity contribution is 5.78. The van der Waals surface area contributed by atoms with Gasteiger partial charge in [0.05, 0.1) is 13.0 Å². The van der Waals surface area contributed by atoms with Gasteiger partial charge in [0.25, 0.3) is 0 Å². The number of carbonyl (C=O) groups is 1. The molecule has 118 valence electrons. The molecule has 4 nitrogen and oxygen atoms in total. The van der Waals surface area contributed by atoms with Crippen molar-refractivity contribution in [3.8, 4) is 5.75 Å². The van der Waals surface area contributed by atoms with Crippen LogP contribution in [0.1, 0.15) is 63.4 Å². The van der Waals surface area contributed by atoms with Gasteiger partial charge in [-0.3, -0.25) is 4.79 Å². The summed E-state index contributed by atoms with van der Waals surface area (Å²) in [5.74, 6) is -0.719. The number of hydrogen-bond donors (Lipinski definition) is 2. The molecule has 0 saturated carbocycles. The first kappa shape index (κ1) is 17.3. The summed E-state index contributed by atoms with van der Waals surface area (Å²) < 4.78 is 5.16. The summed E-state index contributed by atoms with van der Waals surface area (Å²) in [7, 11) is 1.57. The Morgan fingerprint density at radius 3 is 2.52 bits per heavy atom. The molecule has 0 radical (unpaired) electrons. The van der Waals surface area contributed by atoms with E-state index in [0.717, 1.165) is 12.8 Å². The number of rotatable bonds is 10. The summed E-state index contributed by atoms with van der Waals surface area (Å²) >= 11 is 0. The molecule has 0 saturated heterocycles. The summed E-state index contributed by atoms with van der Waals surface area (Å²) in [6.45, 7) is 2.19. The largest absolute Gasteiger partial charge is 0.497 e. The third-order valence-corrected chi connectivity index (χ3v) is 3.81. The Kier molecular flexibility index (Phi) is 7.65. The molecule has 1 rings (SSSR count). The van der Waals surface area contributed by atoms with E-state index < -0.39 is 11.9 Å². The van der Waals surface area contributed by atoms with Crippen molar-refractivity contribution in [1.82, 2.24) is 0 Å². The number of carboxylic acid groups (broad SMARTS) is 1. The highest BCUT2D eigenvalue weighted by atomic mass is 16.5. The van der Waals surface area contributed by atoms with Crippen LogP contribution < -0.4 is 10.5 Å². The summed E-state index contributed by atoms with van der Waals surface area (Å²) in [6.07, 6.45) is 7.50. The van der Waals surface area contributed by atoms with E-state index in [0.29, 0.717) is 23.4 Å². The highest BCUT2D eigenvalue weighted by Crippen LogP contribution is 2.31. The maximum Gasteiger partial charge on any atom is 0.311 e. The minimum atomic E-state index is -0.816. The molecule has 0 aromatic heterocycles. The normalized spacial score (nSPS) is 12.1. The first-order valence-corrected chi connectivity index (χ1v) is 7.76. The molecule has 21 heavy (non-hydrogen) atoms. The van der Waals surface area contributed by atoms with Gasteiger partial charge < -0.3 is 15.6 Å². The van der Waals surface area contributed by atoms with Gasteiger partial charge in [-0.15, -0.1) is 0 Å². The smallest absolute Gasteiger partial charge is 0.311 e. The van der Waals surface area contributed by atoms with Crippen molar-refractivity contribution in [3.05, 3.63) is 23.8 Å². The van der Waals surface area contributed by atoms with Crippen LogP contribution in [0.5, 0.6) is 5.75 Å². The Hall–Kier alpha value is -1.71. The second-order valence-electron chi connectivity index (χ2n) is 5.44. The molecule has 0 spiro atoms. The number of nitrogen functional groups attached to an aromatic ring is 1. The number of methoxy groups -OCH3 is 1. The van der Waals surface area contributed by atoms with Crippen LogP contribution in [0.15, 0.2) is 18.2 Å². The van der Waals surface area contributed by atoms with Crippen molar-refractivity contribution in [1.29, 1.82) is 0 Å². The van der Waals surface area contributed by atoms with Gasteiger partial charge in [0.1, 0.15) is 5.75 Å². The highest BCUT2D eigenvalue weighted by Gasteiger charge is 2.22. The maximum absolute atomic E-state index is 11.5. The zero-order valence-electron chi connectivity index (χ0n) is 13.1. The Morgan fingerprint density at radius 2 is 1.90 bits per heavy atom. The second kappa shape index (κ2) is 9.27. The van der Waals surface area contributed by atoms with Gasteiger partial charge >= 0.3 is 5.97 Å². The van der Waals surface area contributed by atoms with Crippen molar-refractivity contribution in [2.45, 2.75) is 57.8 Å². The van der Waals surface area contributed by atoms with Crippen LogP contribution in [0.2, 0.25) is 0 Å². The third kappa shape index (κ3) is 5.66. The Morgan fingerprint density at radius 1 is 1.24 bits per heavy atom. The fourth-order valence-corrected chi connectivity index (χ4v) is 2.52. The molecule has 0 heterocycles. The van der Waals surface area contributed by atoms with E-state index >= 15 is 0 Å². The molecule has 0 aliphatic carbocycles. The van der Waals surface area contributed by atoms with Crippen molar-refractivity contribution in [2.75, 3.05) is 12.8 Å². The van der Waals surface area contributed by atoms with E-state index in [9.17, 15) is 9.90 Å². The Bertz CT molecular complexity index is 446. The number of benzene rings is 1. The molecule has 1 atom stereocenters. The number of anilines is 1. The molecular formula is C17H27NO3. The lowest BCUT2D eigenvalue weighted by atomic mass is 9.91. The lowest BCUT2D eigenvalue weighted by Gasteiger charge is -2.16. The number of ether oxygens (including phenoxy) is 1. The van der Waals surface area contributed by atoms with Crippen molar-refractivity contribution < 1.29 is 14.6 Å². The molecule has 0 bridgehead atoms. The average molecular weight is 293 g/mol. The first-order valence-electron chi connectivity index (χ1n) is 7.76. The standard InChI is InChI=1S/C17H27NO3/c1-3-4-5-6-7-8-9-14(17(19)20)15-12-13(21-2)10-11-16(15)18/h10-12,14H,3-9,18H2,1-2H3,(H,19,20). The van der Waals surface area contributed by atoms with Crippen LogP contribution >= 0.6 is 0 Å². The van der Waals surface area contributed by atoms with Crippen molar-refractivity contribution >= 4 is 11.7 Å². The number of unbranched alkanes of at least 4 members (excludes halogenated alkanes) is 5. The Labute approximate surface area is 127 Å². The predicted octanol–water partition coefficient (Wildman–Crippen LogP) is 4.20. The van der Waals surface area contributed by atoms with E-state index in [1.807, 2.05) is 0 Å². The van der Waals surface area contributed by atoms with E-state index in [-0.39, 0.29) is 0 Å². The van der Waals surface area contributed by atoms with Crippen LogP contribution in [0.25, 0.3) is 0 Å². The van der Waals surface area contributed by atoms with Gasteiger partial charge in [-0.25, -0.2) is 0 Å². The van der Waals surface area contributed by atoms with Gasteiger partial charge in [0.15, 0.2) is 0 Å². The SMILES string of the molecule is CCCCCCCCC(C(=O)O)c1cc(OC)ccc1N. The Balaban J connectivity index is 2.63. The number of nitrogens with two attached hydrogens (primary N) is 1. The number of carboxylic acids is 1. The van der Waals surface area contributed by atoms with Crippen LogP contribution in [0.3, 0.4) is 0 Å². The van der Waals surface area contributed by atoms with Crippen LogP contribution in [0, 0.1) is 0 Å². The predicted molar refractivity (Wildman–Crippen MR) is 85.8 cm³/mol. The van der Waals surface area contributed by atoms with E-state index in [2.05, 4.69) is 6.92 Å². The summed E-state index contributed by atoms with van der Waals surface area (Å²) in [4.78, 5) is 11.5. The molecule has 1 aromatic carbocycles. The molecule has 1 aromatic rings.